The largest absolute Gasteiger partial charge is 0.370 e. The standard InChI is InChI=1S/C14H16N6OS/c1-22-14(16-8-15)19-11-6-9-10(18-13(21)17-9)7-12(11)20-4-2-3-5-20/h6-7H,2-5H2,1H3,(H,16,19)(H2,17,18,21). The summed E-state index contributed by atoms with van der Waals surface area (Å²) in [4.78, 5) is 23.8. The number of anilines is 1. The molecule has 0 amide bonds. The number of aromatic amines is 2. The number of benzene rings is 1. The van der Waals surface area contributed by atoms with Crippen molar-refractivity contribution in [3.8, 4) is 6.19 Å². The fourth-order valence-corrected chi connectivity index (χ4v) is 2.98. The van der Waals surface area contributed by atoms with Crippen molar-refractivity contribution in [3.05, 3.63) is 22.6 Å². The third-order valence-electron chi connectivity index (χ3n) is 3.64. The predicted octanol–water partition coefficient (Wildman–Crippen LogP) is 1.88. The third-order valence-corrected chi connectivity index (χ3v) is 4.22. The second-order valence-corrected chi connectivity index (χ2v) is 5.81. The van der Waals surface area contributed by atoms with Crippen LogP contribution in [0, 0.1) is 11.5 Å². The van der Waals surface area contributed by atoms with E-state index in [2.05, 4.69) is 25.2 Å². The lowest BCUT2D eigenvalue weighted by atomic mass is 10.2. The number of amidine groups is 1. The summed E-state index contributed by atoms with van der Waals surface area (Å²) in [6.07, 6.45) is 6.05. The Bertz CT molecular complexity index is 809. The highest BCUT2D eigenvalue weighted by atomic mass is 32.2. The summed E-state index contributed by atoms with van der Waals surface area (Å²) in [5, 5.41) is 11.9. The molecule has 0 atom stereocenters. The van der Waals surface area contributed by atoms with Crippen LogP contribution < -0.4 is 15.9 Å². The summed E-state index contributed by atoms with van der Waals surface area (Å²) in [6, 6.07) is 3.79. The number of aliphatic imine (C=N–C) groups is 1. The van der Waals surface area contributed by atoms with Gasteiger partial charge in [0.2, 0.25) is 0 Å². The van der Waals surface area contributed by atoms with Crippen LogP contribution in [-0.4, -0.2) is 34.5 Å². The number of thioether (sulfide) groups is 1. The Balaban J connectivity index is 2.14. The number of imidazole rings is 1. The van der Waals surface area contributed by atoms with E-state index in [4.69, 9.17) is 5.26 Å². The molecule has 0 radical (unpaired) electrons. The van der Waals surface area contributed by atoms with Gasteiger partial charge in [-0.1, -0.05) is 11.8 Å². The van der Waals surface area contributed by atoms with Gasteiger partial charge in [0.25, 0.3) is 0 Å². The fourth-order valence-electron chi connectivity index (χ4n) is 2.64. The molecule has 2 heterocycles. The van der Waals surface area contributed by atoms with E-state index in [1.807, 2.05) is 24.6 Å². The molecule has 0 saturated carbocycles. The van der Waals surface area contributed by atoms with Crippen LogP contribution in [0.2, 0.25) is 0 Å². The number of nitrogens with zero attached hydrogens (tertiary/aromatic N) is 3. The zero-order valence-electron chi connectivity index (χ0n) is 12.1. The van der Waals surface area contributed by atoms with Crippen LogP contribution in [0.5, 0.6) is 0 Å². The van der Waals surface area contributed by atoms with Gasteiger partial charge < -0.3 is 14.9 Å². The molecule has 1 aromatic carbocycles. The van der Waals surface area contributed by atoms with E-state index >= 15 is 0 Å². The zero-order valence-corrected chi connectivity index (χ0v) is 13.0. The third kappa shape index (κ3) is 2.80. The molecular weight excluding hydrogens is 300 g/mol. The fraction of sp³-hybridized carbons (Fsp3) is 0.357. The summed E-state index contributed by atoms with van der Waals surface area (Å²) in [5.41, 5.74) is 2.97. The first-order valence-corrected chi connectivity index (χ1v) is 8.22. The molecule has 1 saturated heterocycles. The number of nitrogens with one attached hydrogen (secondary N) is 3. The van der Waals surface area contributed by atoms with Crippen LogP contribution in [0.4, 0.5) is 11.4 Å². The van der Waals surface area contributed by atoms with Crippen molar-refractivity contribution < 1.29 is 0 Å². The van der Waals surface area contributed by atoms with Gasteiger partial charge in [0.05, 0.1) is 22.4 Å². The van der Waals surface area contributed by atoms with E-state index in [0.29, 0.717) is 10.7 Å². The van der Waals surface area contributed by atoms with Crippen molar-refractivity contribution in [3.63, 3.8) is 0 Å². The normalized spacial score (nSPS) is 15.3. The molecule has 1 aliphatic heterocycles. The van der Waals surface area contributed by atoms with Crippen LogP contribution >= 0.6 is 11.8 Å². The molecule has 7 nitrogen and oxygen atoms in total. The molecule has 2 aromatic rings. The average molecular weight is 316 g/mol. The highest BCUT2D eigenvalue weighted by molar-refractivity contribution is 8.13. The lowest BCUT2D eigenvalue weighted by Crippen LogP contribution is -2.18. The van der Waals surface area contributed by atoms with Gasteiger partial charge in [-0.2, -0.15) is 5.26 Å². The number of H-pyrrole nitrogens is 2. The first kappa shape index (κ1) is 14.5. The van der Waals surface area contributed by atoms with Crippen molar-refractivity contribution in [2.75, 3.05) is 24.2 Å². The molecule has 3 rings (SSSR count). The average Bonchev–Trinajstić information content (AvgIpc) is 3.13. The molecule has 0 unspecified atom stereocenters. The lowest BCUT2D eigenvalue weighted by molar-refractivity contribution is 0.949. The highest BCUT2D eigenvalue weighted by Gasteiger charge is 2.18. The maximum Gasteiger partial charge on any atom is 0.323 e. The number of nitriles is 1. The van der Waals surface area contributed by atoms with Crippen molar-refractivity contribution in [2.45, 2.75) is 12.8 Å². The summed E-state index contributed by atoms with van der Waals surface area (Å²) < 4.78 is 0. The van der Waals surface area contributed by atoms with Crippen LogP contribution in [0.3, 0.4) is 0 Å². The Hall–Kier alpha value is -2.40. The highest BCUT2D eigenvalue weighted by Crippen LogP contribution is 2.34. The predicted molar refractivity (Wildman–Crippen MR) is 89.7 cm³/mol. The summed E-state index contributed by atoms with van der Waals surface area (Å²) >= 11 is 1.37. The molecule has 1 aromatic heterocycles. The van der Waals surface area contributed by atoms with Crippen LogP contribution in [0.1, 0.15) is 12.8 Å². The molecule has 0 aliphatic carbocycles. The van der Waals surface area contributed by atoms with Crippen LogP contribution in [0.15, 0.2) is 21.9 Å². The molecule has 0 bridgehead atoms. The zero-order chi connectivity index (χ0) is 15.5. The van der Waals surface area contributed by atoms with Gasteiger partial charge in [0, 0.05) is 13.1 Å². The lowest BCUT2D eigenvalue weighted by Gasteiger charge is -2.20. The summed E-state index contributed by atoms with van der Waals surface area (Å²) in [5.74, 6) is 0. The van der Waals surface area contributed by atoms with E-state index in [9.17, 15) is 4.79 Å². The maximum absolute atomic E-state index is 11.5. The molecule has 3 N–H and O–H groups in total. The van der Waals surface area contributed by atoms with Gasteiger partial charge in [-0.15, -0.1) is 0 Å². The quantitative estimate of drug-likeness (QED) is 0.340. The number of hydrogen-bond acceptors (Lipinski definition) is 5. The summed E-state index contributed by atoms with van der Waals surface area (Å²) in [7, 11) is 0. The smallest absolute Gasteiger partial charge is 0.323 e. The van der Waals surface area contributed by atoms with E-state index in [1.165, 1.54) is 11.8 Å². The second-order valence-electron chi connectivity index (χ2n) is 5.02. The maximum atomic E-state index is 11.5. The topological polar surface area (TPSA) is 100 Å². The Labute approximate surface area is 131 Å². The van der Waals surface area contributed by atoms with Crippen LogP contribution in [0.25, 0.3) is 11.0 Å². The number of rotatable bonds is 2. The second kappa shape index (κ2) is 6.15. The van der Waals surface area contributed by atoms with E-state index in [-0.39, 0.29) is 5.69 Å². The van der Waals surface area contributed by atoms with Gasteiger partial charge in [-0.3, -0.25) is 5.32 Å². The molecule has 114 valence electrons. The minimum atomic E-state index is -0.233. The molecule has 1 aliphatic rings. The molecule has 1 fully saturated rings. The molecule has 8 heteroatoms. The van der Waals surface area contributed by atoms with Crippen molar-refractivity contribution in [2.24, 2.45) is 4.99 Å². The minimum absolute atomic E-state index is 0.233. The van der Waals surface area contributed by atoms with Crippen molar-refractivity contribution >= 4 is 39.3 Å². The van der Waals surface area contributed by atoms with Gasteiger partial charge in [0.1, 0.15) is 0 Å². The Kier molecular flexibility index (Phi) is 4.06. The van der Waals surface area contributed by atoms with Gasteiger partial charge >= 0.3 is 5.69 Å². The molecule has 0 spiro atoms. The Morgan fingerprint density at radius 1 is 1.36 bits per heavy atom. The van der Waals surface area contributed by atoms with Gasteiger partial charge in [0.15, 0.2) is 11.4 Å². The monoisotopic (exact) mass is 316 g/mol. The Morgan fingerprint density at radius 2 is 2.05 bits per heavy atom. The molecular formula is C14H16N6OS. The van der Waals surface area contributed by atoms with Gasteiger partial charge in [-0.05, 0) is 31.2 Å². The van der Waals surface area contributed by atoms with E-state index in [0.717, 1.165) is 42.8 Å². The minimum Gasteiger partial charge on any atom is -0.370 e. The first-order valence-electron chi connectivity index (χ1n) is 7.00. The van der Waals surface area contributed by atoms with Crippen LogP contribution in [-0.2, 0) is 0 Å². The van der Waals surface area contributed by atoms with E-state index < -0.39 is 0 Å². The SMILES string of the molecule is CSC(=Nc1cc2[nH]c(=O)[nH]c2cc1N1CCCC1)NC#N. The number of hydrogen-bond donors (Lipinski definition) is 3. The first-order chi connectivity index (χ1) is 10.7. The van der Waals surface area contributed by atoms with Crippen molar-refractivity contribution in [1.82, 2.24) is 15.3 Å². The Morgan fingerprint density at radius 3 is 2.68 bits per heavy atom. The van der Waals surface area contributed by atoms with Gasteiger partial charge in [-0.25, -0.2) is 9.79 Å². The van der Waals surface area contributed by atoms with Crippen molar-refractivity contribution in [1.29, 1.82) is 5.26 Å². The number of fused-ring (bicyclic) bond motifs is 1. The molecule has 22 heavy (non-hydrogen) atoms. The summed E-state index contributed by atoms with van der Waals surface area (Å²) in [6.45, 7) is 1.95. The van der Waals surface area contributed by atoms with E-state index in [1.54, 1.807) is 0 Å². The number of aromatic nitrogens is 2.